The Morgan fingerprint density at radius 1 is 0.794 bits per heavy atom. The Bertz CT molecular complexity index is 877. The van der Waals surface area contributed by atoms with Crippen LogP contribution in [-0.4, -0.2) is 19.8 Å². The van der Waals surface area contributed by atoms with Crippen LogP contribution in [0.5, 0.6) is 5.75 Å². The third kappa shape index (κ3) is 11.0. The second kappa shape index (κ2) is 15.2. The highest BCUT2D eigenvalue weighted by Gasteiger charge is 2.23. The lowest BCUT2D eigenvalue weighted by atomic mass is 9.98. The molecule has 4 nitrogen and oxygen atoms in total. The Morgan fingerprint density at radius 3 is 1.88 bits per heavy atom. The van der Waals surface area contributed by atoms with Crippen molar-refractivity contribution in [3.8, 4) is 5.75 Å². The zero-order valence-corrected chi connectivity index (χ0v) is 22.6. The fraction of sp³-hybridized carbons (Fsp3) is 0.517. The summed E-state index contributed by atoms with van der Waals surface area (Å²) < 4.78 is 29.4. The van der Waals surface area contributed by atoms with Gasteiger partial charge in [0.25, 0.3) is 0 Å². The van der Waals surface area contributed by atoms with Crippen LogP contribution in [0.3, 0.4) is 0 Å². The summed E-state index contributed by atoms with van der Waals surface area (Å²) in [6.07, 6.45) is 9.45. The van der Waals surface area contributed by atoms with Crippen LogP contribution in [0.25, 0.3) is 12.2 Å². The predicted molar refractivity (Wildman–Crippen MR) is 144 cm³/mol. The van der Waals surface area contributed by atoms with Gasteiger partial charge in [-0.25, -0.2) is 0 Å². The van der Waals surface area contributed by atoms with E-state index >= 15 is 0 Å². The Kier molecular flexibility index (Phi) is 12.7. The van der Waals surface area contributed by atoms with E-state index in [1.165, 1.54) is 19.3 Å². The molecule has 2 aromatic carbocycles. The first-order valence-electron chi connectivity index (χ1n) is 12.7. The molecular formula is C29H43O4P. The number of hydrogen-bond acceptors (Lipinski definition) is 4. The minimum Gasteiger partial charge on any atom is -0.494 e. The normalized spacial score (nSPS) is 13.0. The van der Waals surface area contributed by atoms with Crippen molar-refractivity contribution < 1.29 is 18.3 Å². The molecule has 0 heterocycles. The van der Waals surface area contributed by atoms with E-state index in [2.05, 4.69) is 45.1 Å². The molecule has 0 bridgehead atoms. The van der Waals surface area contributed by atoms with Crippen LogP contribution in [0, 0.1) is 11.8 Å². The largest absolute Gasteiger partial charge is 0.494 e. The SMILES string of the molecule is CCOP(=O)(Cc1ccc(/C=C\c2ccc(OCC[C@H](C)CCCC(C)C)cc2)cc1)OCC. The van der Waals surface area contributed by atoms with Gasteiger partial charge >= 0.3 is 7.60 Å². The molecule has 0 saturated heterocycles. The van der Waals surface area contributed by atoms with E-state index in [9.17, 15) is 4.57 Å². The highest BCUT2D eigenvalue weighted by Crippen LogP contribution is 2.51. The van der Waals surface area contributed by atoms with Gasteiger partial charge < -0.3 is 13.8 Å². The van der Waals surface area contributed by atoms with E-state index in [1.807, 2.05) is 50.2 Å². The first kappa shape index (κ1) is 28.4. The zero-order chi connectivity index (χ0) is 24.8. The molecule has 5 heteroatoms. The summed E-state index contributed by atoms with van der Waals surface area (Å²) in [4.78, 5) is 0. The van der Waals surface area contributed by atoms with Crippen LogP contribution in [0.1, 0.15) is 77.0 Å². The Balaban J connectivity index is 1.81. The van der Waals surface area contributed by atoms with Gasteiger partial charge in [-0.15, -0.1) is 0 Å². The molecule has 0 N–H and O–H groups in total. The second-order valence-corrected chi connectivity index (χ2v) is 11.4. The molecule has 0 aliphatic carbocycles. The summed E-state index contributed by atoms with van der Waals surface area (Å²) in [5, 5.41) is 0. The van der Waals surface area contributed by atoms with Gasteiger partial charge in [-0.1, -0.05) is 88.6 Å². The van der Waals surface area contributed by atoms with Gasteiger partial charge in [-0.05, 0) is 60.9 Å². The minimum absolute atomic E-state index is 0.289. The standard InChI is InChI=1S/C29H43O4P/c1-6-32-34(30,33-7-2)23-28-15-13-26(14-16-28)11-12-27-17-19-29(20-18-27)31-22-21-25(5)10-8-9-24(3)4/h11-20,24-25H,6-10,21-23H2,1-5H3/b12-11-/t25-/m1/s1. The molecule has 0 spiro atoms. The van der Waals surface area contributed by atoms with E-state index in [0.717, 1.165) is 41.4 Å². The summed E-state index contributed by atoms with van der Waals surface area (Å²) in [6.45, 7) is 12.1. The minimum atomic E-state index is -3.08. The van der Waals surface area contributed by atoms with Crippen molar-refractivity contribution in [3.05, 3.63) is 65.2 Å². The number of rotatable bonds is 16. The molecule has 2 aromatic rings. The van der Waals surface area contributed by atoms with Crippen LogP contribution in [0.2, 0.25) is 0 Å². The number of ether oxygens (including phenoxy) is 1. The van der Waals surface area contributed by atoms with E-state index < -0.39 is 7.60 Å². The monoisotopic (exact) mass is 486 g/mol. The fourth-order valence-corrected chi connectivity index (χ4v) is 5.45. The second-order valence-electron chi connectivity index (χ2n) is 9.32. The Hall–Kier alpha value is -1.87. The summed E-state index contributed by atoms with van der Waals surface area (Å²) in [6, 6.07) is 16.2. The topological polar surface area (TPSA) is 44.8 Å². The molecule has 0 amide bonds. The van der Waals surface area contributed by atoms with Crippen molar-refractivity contribution in [2.45, 2.75) is 66.5 Å². The van der Waals surface area contributed by atoms with Crippen molar-refractivity contribution in [1.29, 1.82) is 0 Å². The molecule has 0 unspecified atom stereocenters. The van der Waals surface area contributed by atoms with Gasteiger partial charge in [0.15, 0.2) is 0 Å². The molecule has 1 atom stereocenters. The summed E-state index contributed by atoms with van der Waals surface area (Å²) >= 11 is 0. The maximum Gasteiger partial charge on any atom is 0.335 e. The first-order chi connectivity index (χ1) is 16.3. The van der Waals surface area contributed by atoms with Gasteiger partial charge in [-0.3, -0.25) is 4.57 Å². The highest BCUT2D eigenvalue weighted by atomic mass is 31.2. The number of hydrogen-bond donors (Lipinski definition) is 0. The molecule has 188 valence electrons. The Labute approximate surface area is 207 Å². The average Bonchev–Trinajstić information content (AvgIpc) is 2.79. The highest BCUT2D eigenvalue weighted by molar-refractivity contribution is 7.53. The summed E-state index contributed by atoms with van der Waals surface area (Å²) in [7, 11) is -3.08. The smallest absolute Gasteiger partial charge is 0.335 e. The van der Waals surface area contributed by atoms with Crippen LogP contribution in [0.15, 0.2) is 48.5 Å². The zero-order valence-electron chi connectivity index (χ0n) is 21.7. The van der Waals surface area contributed by atoms with E-state index in [1.54, 1.807) is 0 Å². The molecule has 0 aliphatic heterocycles. The van der Waals surface area contributed by atoms with E-state index in [4.69, 9.17) is 13.8 Å². The van der Waals surface area contributed by atoms with Crippen LogP contribution in [-0.2, 0) is 19.8 Å². The summed E-state index contributed by atoms with van der Waals surface area (Å²) in [5.41, 5.74) is 3.15. The molecular weight excluding hydrogens is 443 g/mol. The molecule has 0 radical (unpaired) electrons. The molecule has 0 aromatic heterocycles. The van der Waals surface area contributed by atoms with Crippen molar-refractivity contribution in [2.24, 2.45) is 11.8 Å². The fourth-order valence-electron chi connectivity index (χ4n) is 3.74. The third-order valence-electron chi connectivity index (χ3n) is 5.71. The maximum atomic E-state index is 12.7. The van der Waals surface area contributed by atoms with Crippen molar-refractivity contribution in [2.75, 3.05) is 19.8 Å². The molecule has 0 fully saturated rings. The van der Waals surface area contributed by atoms with Gasteiger partial charge in [0, 0.05) is 0 Å². The molecule has 0 aliphatic rings. The molecule has 2 rings (SSSR count). The maximum absolute atomic E-state index is 12.7. The van der Waals surface area contributed by atoms with Gasteiger partial charge in [0.1, 0.15) is 5.75 Å². The van der Waals surface area contributed by atoms with E-state index in [-0.39, 0.29) is 6.16 Å². The quantitative estimate of drug-likeness (QED) is 0.176. The third-order valence-corrected chi connectivity index (χ3v) is 7.77. The van der Waals surface area contributed by atoms with Crippen molar-refractivity contribution >= 4 is 19.7 Å². The number of benzene rings is 2. The average molecular weight is 487 g/mol. The lowest BCUT2D eigenvalue weighted by Gasteiger charge is -2.16. The summed E-state index contributed by atoms with van der Waals surface area (Å²) in [5.74, 6) is 2.42. The van der Waals surface area contributed by atoms with E-state index in [0.29, 0.717) is 19.1 Å². The van der Waals surface area contributed by atoms with Crippen molar-refractivity contribution in [3.63, 3.8) is 0 Å². The predicted octanol–water partition coefficient (Wildman–Crippen LogP) is 8.85. The van der Waals surface area contributed by atoms with Gasteiger partial charge in [0.05, 0.1) is 26.0 Å². The first-order valence-corrected chi connectivity index (χ1v) is 14.4. The van der Waals surface area contributed by atoms with Crippen LogP contribution < -0.4 is 4.74 Å². The lowest BCUT2D eigenvalue weighted by molar-refractivity contribution is 0.219. The van der Waals surface area contributed by atoms with Crippen molar-refractivity contribution in [1.82, 2.24) is 0 Å². The van der Waals surface area contributed by atoms with Crippen LogP contribution >= 0.6 is 7.60 Å². The van der Waals surface area contributed by atoms with Crippen LogP contribution in [0.4, 0.5) is 0 Å². The molecule has 0 saturated carbocycles. The van der Waals surface area contributed by atoms with Gasteiger partial charge in [-0.2, -0.15) is 0 Å². The van der Waals surface area contributed by atoms with Gasteiger partial charge in [0.2, 0.25) is 0 Å². The Morgan fingerprint density at radius 2 is 1.35 bits per heavy atom. The lowest BCUT2D eigenvalue weighted by Crippen LogP contribution is -2.04. The molecule has 34 heavy (non-hydrogen) atoms.